The molecule has 1 N–H and O–H groups in total. The predicted octanol–water partition coefficient (Wildman–Crippen LogP) is 0.328. The van der Waals surface area contributed by atoms with Crippen LogP contribution in [0.4, 0.5) is 0 Å². The zero-order valence-electron chi connectivity index (χ0n) is 7.59. The Morgan fingerprint density at radius 2 is 2.29 bits per heavy atom. The predicted molar refractivity (Wildman–Crippen MR) is 46.1 cm³/mol. The Balaban J connectivity index is 2.11. The number of hydrogen-bond donors (Lipinski definition) is 1. The number of ether oxygens (including phenoxy) is 1. The first-order valence-electron chi connectivity index (χ1n) is 4.50. The fourth-order valence-electron chi connectivity index (χ4n) is 1.50. The van der Waals surface area contributed by atoms with Gasteiger partial charge in [0.05, 0.1) is 12.2 Å². The van der Waals surface area contributed by atoms with Gasteiger partial charge in [0.15, 0.2) is 5.69 Å². The number of carbonyl (C=O) groups is 1. The number of carboxylic acids is 1. The van der Waals surface area contributed by atoms with Crippen LogP contribution in [0.3, 0.4) is 0 Å². The molecule has 1 saturated heterocycles. The lowest BCUT2D eigenvalue weighted by atomic mass is 10.1. The highest BCUT2D eigenvalue weighted by atomic mass is 16.5. The van der Waals surface area contributed by atoms with Gasteiger partial charge in [-0.2, -0.15) is 0 Å². The van der Waals surface area contributed by atoms with Gasteiger partial charge in [0, 0.05) is 13.2 Å². The molecule has 0 radical (unpaired) electrons. The highest BCUT2D eigenvalue weighted by molar-refractivity contribution is 5.84. The molecule has 2 rings (SSSR count). The first-order chi connectivity index (χ1) is 6.77. The molecular weight excluding hydrogens is 186 g/mol. The summed E-state index contributed by atoms with van der Waals surface area (Å²) in [5.41, 5.74) is -0.00325. The minimum Gasteiger partial charge on any atom is -0.476 e. The van der Waals surface area contributed by atoms with Crippen molar-refractivity contribution in [1.29, 1.82) is 0 Å². The van der Waals surface area contributed by atoms with E-state index in [1.54, 1.807) is 4.68 Å². The van der Waals surface area contributed by atoms with Crippen LogP contribution in [0.5, 0.6) is 0 Å². The Morgan fingerprint density at radius 1 is 1.57 bits per heavy atom. The maximum Gasteiger partial charge on any atom is 0.358 e. The first kappa shape index (κ1) is 9.14. The standard InChI is InChI=1S/C8H11N3O3/c12-8(13)7-5-11(10-9-7)6-1-3-14-4-2-6/h5-6H,1-4H2,(H,12,13). The lowest BCUT2D eigenvalue weighted by Crippen LogP contribution is -2.20. The number of aromatic nitrogens is 3. The van der Waals surface area contributed by atoms with Crippen molar-refractivity contribution in [3.63, 3.8) is 0 Å². The molecule has 1 fully saturated rings. The minimum absolute atomic E-state index is 0.00325. The SMILES string of the molecule is O=C(O)c1cn(C2CCOCC2)nn1. The van der Waals surface area contributed by atoms with Gasteiger partial charge in [0.25, 0.3) is 0 Å². The Bertz CT molecular complexity index is 330. The Labute approximate surface area is 80.5 Å². The maximum absolute atomic E-state index is 10.6. The molecule has 0 bridgehead atoms. The average molecular weight is 197 g/mol. The molecule has 0 amide bonds. The number of aromatic carboxylic acids is 1. The van der Waals surface area contributed by atoms with E-state index in [4.69, 9.17) is 9.84 Å². The molecule has 76 valence electrons. The van der Waals surface area contributed by atoms with Gasteiger partial charge in [0.2, 0.25) is 0 Å². The molecule has 0 aliphatic carbocycles. The van der Waals surface area contributed by atoms with Crippen molar-refractivity contribution in [3.05, 3.63) is 11.9 Å². The molecule has 0 unspecified atom stereocenters. The molecule has 1 aliphatic heterocycles. The summed E-state index contributed by atoms with van der Waals surface area (Å²) in [6.45, 7) is 1.40. The van der Waals surface area contributed by atoms with Crippen molar-refractivity contribution >= 4 is 5.97 Å². The van der Waals surface area contributed by atoms with Crippen LogP contribution in [-0.2, 0) is 4.74 Å². The fourth-order valence-corrected chi connectivity index (χ4v) is 1.50. The van der Waals surface area contributed by atoms with Gasteiger partial charge in [-0.25, -0.2) is 9.48 Å². The second-order valence-electron chi connectivity index (χ2n) is 3.23. The molecule has 0 aromatic carbocycles. The van der Waals surface area contributed by atoms with E-state index in [-0.39, 0.29) is 11.7 Å². The Hall–Kier alpha value is -1.43. The summed E-state index contributed by atoms with van der Waals surface area (Å²) in [5, 5.41) is 16.0. The van der Waals surface area contributed by atoms with E-state index in [1.165, 1.54) is 6.20 Å². The molecule has 14 heavy (non-hydrogen) atoms. The van der Waals surface area contributed by atoms with Crippen LogP contribution in [0.2, 0.25) is 0 Å². The third kappa shape index (κ3) is 1.74. The number of carboxylic acid groups (broad SMARTS) is 1. The first-order valence-corrected chi connectivity index (χ1v) is 4.50. The van der Waals surface area contributed by atoms with E-state index < -0.39 is 5.97 Å². The van der Waals surface area contributed by atoms with E-state index in [9.17, 15) is 4.79 Å². The van der Waals surface area contributed by atoms with E-state index in [0.29, 0.717) is 13.2 Å². The molecule has 6 nitrogen and oxygen atoms in total. The monoisotopic (exact) mass is 197 g/mol. The van der Waals surface area contributed by atoms with Gasteiger partial charge in [-0.3, -0.25) is 0 Å². The normalized spacial score (nSPS) is 18.3. The largest absolute Gasteiger partial charge is 0.476 e. The molecule has 0 saturated carbocycles. The molecular formula is C8H11N3O3. The highest BCUT2D eigenvalue weighted by Gasteiger charge is 2.18. The van der Waals surface area contributed by atoms with Gasteiger partial charge in [0.1, 0.15) is 0 Å². The van der Waals surface area contributed by atoms with Crippen LogP contribution >= 0.6 is 0 Å². The van der Waals surface area contributed by atoms with Crippen LogP contribution in [0.15, 0.2) is 6.20 Å². The van der Waals surface area contributed by atoms with Crippen molar-refractivity contribution in [2.24, 2.45) is 0 Å². The summed E-state index contributed by atoms with van der Waals surface area (Å²) in [4.78, 5) is 10.6. The van der Waals surface area contributed by atoms with Crippen LogP contribution in [0.25, 0.3) is 0 Å². The fraction of sp³-hybridized carbons (Fsp3) is 0.625. The maximum atomic E-state index is 10.6. The minimum atomic E-state index is -1.04. The van der Waals surface area contributed by atoms with Crippen molar-refractivity contribution in [2.45, 2.75) is 18.9 Å². The van der Waals surface area contributed by atoms with Crippen LogP contribution < -0.4 is 0 Å². The van der Waals surface area contributed by atoms with Crippen LogP contribution in [0, 0.1) is 0 Å². The van der Waals surface area contributed by atoms with E-state index >= 15 is 0 Å². The summed E-state index contributed by atoms with van der Waals surface area (Å²) in [7, 11) is 0. The topological polar surface area (TPSA) is 77.2 Å². The third-order valence-electron chi connectivity index (χ3n) is 2.29. The van der Waals surface area contributed by atoms with Crippen LogP contribution in [-0.4, -0.2) is 39.3 Å². The Kier molecular flexibility index (Phi) is 2.45. The third-order valence-corrected chi connectivity index (χ3v) is 2.29. The molecule has 1 aromatic rings. The quantitative estimate of drug-likeness (QED) is 0.739. The molecule has 1 aliphatic rings. The van der Waals surface area contributed by atoms with Crippen molar-refractivity contribution in [3.8, 4) is 0 Å². The van der Waals surface area contributed by atoms with E-state index in [1.807, 2.05) is 0 Å². The van der Waals surface area contributed by atoms with E-state index in [0.717, 1.165) is 12.8 Å². The number of nitrogens with zero attached hydrogens (tertiary/aromatic N) is 3. The van der Waals surface area contributed by atoms with Gasteiger partial charge in [-0.05, 0) is 12.8 Å². The van der Waals surface area contributed by atoms with Crippen molar-refractivity contribution in [1.82, 2.24) is 15.0 Å². The van der Waals surface area contributed by atoms with Gasteiger partial charge in [-0.15, -0.1) is 5.10 Å². The summed E-state index contributed by atoms with van der Waals surface area (Å²) in [6.07, 6.45) is 3.20. The van der Waals surface area contributed by atoms with Crippen molar-refractivity contribution in [2.75, 3.05) is 13.2 Å². The van der Waals surface area contributed by atoms with Gasteiger partial charge < -0.3 is 9.84 Å². The summed E-state index contributed by atoms with van der Waals surface area (Å²) in [6, 6.07) is 0.226. The summed E-state index contributed by atoms with van der Waals surface area (Å²) >= 11 is 0. The number of rotatable bonds is 2. The molecule has 1 aromatic heterocycles. The Morgan fingerprint density at radius 3 is 2.86 bits per heavy atom. The van der Waals surface area contributed by atoms with Gasteiger partial charge in [-0.1, -0.05) is 5.21 Å². The zero-order chi connectivity index (χ0) is 9.97. The molecule has 6 heteroatoms. The second-order valence-corrected chi connectivity index (χ2v) is 3.23. The lowest BCUT2D eigenvalue weighted by molar-refractivity contribution is 0.0656. The van der Waals surface area contributed by atoms with E-state index in [2.05, 4.69) is 10.3 Å². The van der Waals surface area contributed by atoms with Crippen molar-refractivity contribution < 1.29 is 14.6 Å². The number of hydrogen-bond acceptors (Lipinski definition) is 4. The molecule has 2 heterocycles. The zero-order valence-corrected chi connectivity index (χ0v) is 7.59. The average Bonchev–Trinajstić information content (AvgIpc) is 2.68. The summed E-state index contributed by atoms with van der Waals surface area (Å²) < 4.78 is 6.81. The lowest BCUT2D eigenvalue weighted by Gasteiger charge is -2.21. The highest BCUT2D eigenvalue weighted by Crippen LogP contribution is 2.19. The summed E-state index contributed by atoms with van der Waals surface area (Å²) in [5.74, 6) is -1.04. The smallest absolute Gasteiger partial charge is 0.358 e. The van der Waals surface area contributed by atoms with Crippen LogP contribution in [0.1, 0.15) is 29.4 Å². The molecule has 0 spiro atoms. The van der Waals surface area contributed by atoms with Gasteiger partial charge >= 0.3 is 5.97 Å². The second kappa shape index (κ2) is 3.75. The molecule has 0 atom stereocenters.